The van der Waals surface area contributed by atoms with Crippen molar-refractivity contribution in [3.05, 3.63) is 59.2 Å². The zero-order chi connectivity index (χ0) is 20.8. The number of benzene rings is 2. The fraction of sp³-hybridized carbons (Fsp3) is 0.391. The number of amides is 2. The smallest absolute Gasteiger partial charge is 0.238 e. The predicted molar refractivity (Wildman–Crippen MR) is 114 cm³/mol. The van der Waals surface area contributed by atoms with Crippen molar-refractivity contribution in [1.29, 1.82) is 0 Å². The van der Waals surface area contributed by atoms with Gasteiger partial charge in [0.05, 0.1) is 20.1 Å². The Morgan fingerprint density at radius 2 is 1.59 bits per heavy atom. The summed E-state index contributed by atoms with van der Waals surface area (Å²) in [6.45, 7) is 7.03. The summed E-state index contributed by atoms with van der Waals surface area (Å²) >= 11 is 0. The lowest BCUT2D eigenvalue weighted by Gasteiger charge is -2.34. The number of carbonyl (C=O) groups is 2. The number of anilines is 1. The molecule has 1 saturated heterocycles. The summed E-state index contributed by atoms with van der Waals surface area (Å²) in [6.07, 6.45) is 0.386. The highest BCUT2D eigenvalue weighted by Gasteiger charge is 2.22. The van der Waals surface area contributed by atoms with E-state index in [4.69, 9.17) is 4.74 Å². The molecule has 1 heterocycles. The Balaban J connectivity index is 1.46. The number of methoxy groups -OCH3 is 1. The van der Waals surface area contributed by atoms with Crippen LogP contribution in [-0.2, 0) is 16.0 Å². The SMILES string of the molecule is COc1ccc(CC(=O)N2CCN(CC(=O)Nc3c(C)cccc3C)CC2)cc1. The molecule has 154 valence electrons. The van der Waals surface area contributed by atoms with Crippen molar-refractivity contribution >= 4 is 17.5 Å². The van der Waals surface area contributed by atoms with Crippen LogP contribution in [0.15, 0.2) is 42.5 Å². The molecule has 1 fully saturated rings. The third kappa shape index (κ3) is 5.57. The highest BCUT2D eigenvalue weighted by atomic mass is 16.5. The molecule has 0 aliphatic carbocycles. The number of nitrogens with one attached hydrogen (secondary N) is 1. The van der Waals surface area contributed by atoms with E-state index in [1.54, 1.807) is 7.11 Å². The van der Waals surface area contributed by atoms with E-state index in [0.717, 1.165) is 28.1 Å². The van der Waals surface area contributed by atoms with E-state index in [2.05, 4.69) is 10.2 Å². The number of ether oxygens (including phenoxy) is 1. The summed E-state index contributed by atoms with van der Waals surface area (Å²) in [4.78, 5) is 29.0. The average molecular weight is 396 g/mol. The van der Waals surface area contributed by atoms with Gasteiger partial charge in [0, 0.05) is 31.9 Å². The predicted octanol–water partition coefficient (Wildman–Crippen LogP) is 2.64. The van der Waals surface area contributed by atoms with Crippen molar-refractivity contribution in [2.45, 2.75) is 20.3 Å². The summed E-state index contributed by atoms with van der Waals surface area (Å²) in [5.74, 6) is 0.893. The van der Waals surface area contributed by atoms with Gasteiger partial charge in [0.25, 0.3) is 0 Å². The molecule has 0 saturated carbocycles. The Labute approximate surface area is 172 Å². The fourth-order valence-electron chi connectivity index (χ4n) is 3.58. The number of piperazine rings is 1. The lowest BCUT2D eigenvalue weighted by atomic mass is 10.1. The maximum absolute atomic E-state index is 12.6. The molecule has 0 bridgehead atoms. The van der Waals surface area contributed by atoms with Crippen molar-refractivity contribution in [3.63, 3.8) is 0 Å². The van der Waals surface area contributed by atoms with Crippen molar-refractivity contribution in [3.8, 4) is 5.75 Å². The van der Waals surface area contributed by atoms with E-state index in [1.165, 1.54) is 0 Å². The van der Waals surface area contributed by atoms with Gasteiger partial charge in [-0.1, -0.05) is 30.3 Å². The molecular weight excluding hydrogens is 366 g/mol. The highest BCUT2D eigenvalue weighted by Crippen LogP contribution is 2.19. The second-order valence-electron chi connectivity index (χ2n) is 7.50. The largest absolute Gasteiger partial charge is 0.497 e. The molecule has 1 aliphatic heterocycles. The second kappa shape index (κ2) is 9.56. The number of hydrogen-bond donors (Lipinski definition) is 1. The van der Waals surface area contributed by atoms with Gasteiger partial charge in [-0.15, -0.1) is 0 Å². The molecule has 1 N–H and O–H groups in total. The van der Waals surface area contributed by atoms with Crippen LogP contribution in [0, 0.1) is 13.8 Å². The maximum atomic E-state index is 12.6. The minimum absolute atomic E-state index is 0.0135. The molecule has 0 aromatic heterocycles. The van der Waals surface area contributed by atoms with Gasteiger partial charge in [-0.05, 0) is 42.7 Å². The number of aryl methyl sites for hydroxylation is 2. The Hall–Kier alpha value is -2.86. The van der Waals surface area contributed by atoms with E-state index in [9.17, 15) is 9.59 Å². The maximum Gasteiger partial charge on any atom is 0.238 e. The molecule has 6 nitrogen and oxygen atoms in total. The number of rotatable bonds is 6. The second-order valence-corrected chi connectivity index (χ2v) is 7.50. The molecule has 3 rings (SSSR count). The van der Waals surface area contributed by atoms with E-state index >= 15 is 0 Å². The topological polar surface area (TPSA) is 61.9 Å². The summed E-state index contributed by atoms with van der Waals surface area (Å²) in [5, 5.41) is 3.03. The first-order valence-corrected chi connectivity index (χ1v) is 9.95. The molecule has 2 aromatic rings. The molecule has 0 unspecified atom stereocenters. The molecule has 6 heteroatoms. The first-order valence-electron chi connectivity index (χ1n) is 9.95. The molecule has 1 aliphatic rings. The molecule has 2 aromatic carbocycles. The number of nitrogens with zero attached hydrogens (tertiary/aromatic N) is 2. The van der Waals surface area contributed by atoms with Crippen molar-refractivity contribution in [1.82, 2.24) is 9.80 Å². The summed E-state index contributed by atoms with van der Waals surface area (Å²) < 4.78 is 5.15. The number of para-hydroxylation sites is 1. The van der Waals surface area contributed by atoms with Crippen LogP contribution in [0.5, 0.6) is 5.75 Å². The third-order valence-electron chi connectivity index (χ3n) is 5.35. The monoisotopic (exact) mass is 395 g/mol. The van der Waals surface area contributed by atoms with Crippen molar-refractivity contribution < 1.29 is 14.3 Å². The van der Waals surface area contributed by atoms with Crippen molar-refractivity contribution in [2.24, 2.45) is 0 Å². The molecule has 0 spiro atoms. The van der Waals surface area contributed by atoms with Crippen LogP contribution < -0.4 is 10.1 Å². The van der Waals surface area contributed by atoms with Crippen LogP contribution in [-0.4, -0.2) is 61.4 Å². The number of carbonyl (C=O) groups excluding carboxylic acids is 2. The van der Waals surface area contributed by atoms with Gasteiger partial charge in [0.15, 0.2) is 0 Å². The van der Waals surface area contributed by atoms with Crippen LogP contribution in [0.2, 0.25) is 0 Å². The Kier molecular flexibility index (Phi) is 6.88. The normalized spacial score (nSPS) is 14.5. The van der Waals surface area contributed by atoms with Gasteiger partial charge >= 0.3 is 0 Å². The summed E-state index contributed by atoms with van der Waals surface area (Å²) in [5.41, 5.74) is 4.00. The lowest BCUT2D eigenvalue weighted by Crippen LogP contribution is -2.50. The Morgan fingerprint density at radius 1 is 0.966 bits per heavy atom. The van der Waals surface area contributed by atoms with E-state index < -0.39 is 0 Å². The summed E-state index contributed by atoms with van der Waals surface area (Å²) in [6, 6.07) is 13.6. The van der Waals surface area contributed by atoms with Gasteiger partial charge in [0.1, 0.15) is 5.75 Å². The van der Waals surface area contributed by atoms with Gasteiger partial charge in [-0.2, -0.15) is 0 Å². The summed E-state index contributed by atoms with van der Waals surface area (Å²) in [7, 11) is 1.63. The van der Waals surface area contributed by atoms with Crippen LogP contribution >= 0.6 is 0 Å². The minimum atomic E-state index is -0.0135. The fourth-order valence-corrected chi connectivity index (χ4v) is 3.58. The van der Waals surface area contributed by atoms with Gasteiger partial charge in [-0.25, -0.2) is 0 Å². The first kappa shape index (κ1) is 20.9. The van der Waals surface area contributed by atoms with Gasteiger partial charge in [0.2, 0.25) is 11.8 Å². The average Bonchev–Trinajstić information content (AvgIpc) is 2.72. The molecular formula is C23H29N3O3. The van der Waals surface area contributed by atoms with Crippen LogP contribution in [0.4, 0.5) is 5.69 Å². The standard InChI is InChI=1S/C23H29N3O3/c1-17-5-4-6-18(2)23(17)24-21(27)16-25-11-13-26(14-12-25)22(28)15-19-7-9-20(29-3)10-8-19/h4-10H,11-16H2,1-3H3,(H,24,27). The zero-order valence-electron chi connectivity index (χ0n) is 17.4. The Morgan fingerprint density at radius 3 is 2.17 bits per heavy atom. The molecule has 2 amide bonds. The van der Waals surface area contributed by atoms with Crippen molar-refractivity contribution in [2.75, 3.05) is 45.2 Å². The quantitative estimate of drug-likeness (QED) is 0.817. The first-order chi connectivity index (χ1) is 14.0. The number of hydrogen-bond acceptors (Lipinski definition) is 4. The molecule has 29 heavy (non-hydrogen) atoms. The van der Waals surface area contributed by atoms with E-state index in [1.807, 2.05) is 61.2 Å². The third-order valence-corrected chi connectivity index (χ3v) is 5.35. The van der Waals surface area contributed by atoms with Gasteiger partial charge in [-0.3, -0.25) is 14.5 Å². The Bertz CT molecular complexity index is 836. The minimum Gasteiger partial charge on any atom is -0.497 e. The van der Waals surface area contributed by atoms with Crippen LogP contribution in [0.25, 0.3) is 0 Å². The van der Waals surface area contributed by atoms with Crippen LogP contribution in [0.3, 0.4) is 0 Å². The van der Waals surface area contributed by atoms with Crippen LogP contribution in [0.1, 0.15) is 16.7 Å². The van der Waals surface area contributed by atoms with Gasteiger partial charge < -0.3 is 15.0 Å². The lowest BCUT2D eigenvalue weighted by molar-refractivity contribution is -0.132. The molecule has 0 radical (unpaired) electrons. The van der Waals surface area contributed by atoms with E-state index in [-0.39, 0.29) is 11.8 Å². The van der Waals surface area contributed by atoms with E-state index in [0.29, 0.717) is 39.1 Å². The highest BCUT2D eigenvalue weighted by molar-refractivity contribution is 5.93. The molecule has 0 atom stereocenters. The zero-order valence-corrected chi connectivity index (χ0v) is 17.4.